The third-order valence-corrected chi connectivity index (χ3v) is 5.33. The summed E-state index contributed by atoms with van der Waals surface area (Å²) in [5.41, 5.74) is 1.89. The van der Waals surface area contributed by atoms with E-state index in [1.807, 2.05) is 24.3 Å². The molecule has 3 N–H and O–H groups in total. The lowest BCUT2D eigenvalue weighted by Gasteiger charge is -2.34. The Bertz CT molecular complexity index is 1050. The third-order valence-electron chi connectivity index (χ3n) is 5.33. The van der Waals surface area contributed by atoms with Crippen LogP contribution < -0.4 is 10.1 Å². The summed E-state index contributed by atoms with van der Waals surface area (Å²) in [6.45, 7) is -2.88. The summed E-state index contributed by atoms with van der Waals surface area (Å²) in [7, 11) is 0. The first-order valence-electron chi connectivity index (χ1n) is 9.64. The molecule has 2 aromatic carbocycles. The monoisotopic (exact) mass is 413 g/mol. The van der Waals surface area contributed by atoms with Crippen molar-refractivity contribution in [2.75, 3.05) is 6.54 Å². The first-order chi connectivity index (χ1) is 14.5. The van der Waals surface area contributed by atoms with E-state index in [1.165, 1.54) is 18.3 Å². The fourth-order valence-electron chi connectivity index (χ4n) is 3.91. The summed E-state index contributed by atoms with van der Waals surface area (Å²) in [4.78, 5) is 12.8. The number of aliphatic hydroxyl groups is 1. The topological polar surface area (TPSA) is 87.2 Å². The molecule has 1 heterocycles. The van der Waals surface area contributed by atoms with Gasteiger partial charge in [0.25, 0.3) is 5.91 Å². The van der Waals surface area contributed by atoms with Gasteiger partial charge in [-0.3, -0.25) is 9.89 Å². The Morgan fingerprint density at radius 2 is 2.10 bits per heavy atom. The maximum absolute atomic E-state index is 12.8. The minimum Gasteiger partial charge on any atom is -0.435 e. The van der Waals surface area contributed by atoms with Crippen LogP contribution in [0.5, 0.6) is 5.75 Å². The number of nitrogens with one attached hydrogen (secondary N) is 2. The lowest BCUT2D eigenvalue weighted by Crippen LogP contribution is -2.43. The van der Waals surface area contributed by atoms with Gasteiger partial charge < -0.3 is 15.2 Å². The number of carbonyl (C=O) groups is 1. The Balaban J connectivity index is 1.52. The normalized spacial score (nSPS) is 18.1. The molecule has 1 amide bonds. The van der Waals surface area contributed by atoms with E-state index in [9.17, 15) is 18.7 Å². The molecule has 0 spiro atoms. The number of aryl methyl sites for hydroxylation is 1. The van der Waals surface area contributed by atoms with Gasteiger partial charge in [0.05, 0.1) is 24.0 Å². The predicted octanol–water partition coefficient (Wildman–Crippen LogP) is 3.63. The second-order valence-electron chi connectivity index (χ2n) is 7.29. The average molecular weight is 413 g/mol. The first kappa shape index (κ1) is 20.0. The zero-order valence-electron chi connectivity index (χ0n) is 16.1. The maximum Gasteiger partial charge on any atom is 0.387 e. The van der Waals surface area contributed by atoms with Crippen LogP contribution in [0.1, 0.15) is 34.3 Å². The Morgan fingerprint density at radius 1 is 1.27 bits per heavy atom. The van der Waals surface area contributed by atoms with Crippen LogP contribution in [0.25, 0.3) is 11.3 Å². The van der Waals surface area contributed by atoms with E-state index in [0.29, 0.717) is 17.7 Å². The molecule has 0 saturated carbocycles. The number of hydrogen-bond acceptors (Lipinski definition) is 4. The predicted molar refractivity (Wildman–Crippen MR) is 106 cm³/mol. The number of H-pyrrole nitrogens is 1. The summed E-state index contributed by atoms with van der Waals surface area (Å²) in [6, 6.07) is 13.7. The van der Waals surface area contributed by atoms with E-state index in [2.05, 4.69) is 20.3 Å². The molecule has 3 aromatic rings. The van der Waals surface area contributed by atoms with E-state index in [4.69, 9.17) is 0 Å². The second kappa shape index (κ2) is 8.23. The van der Waals surface area contributed by atoms with E-state index in [-0.39, 0.29) is 17.9 Å². The highest BCUT2D eigenvalue weighted by Crippen LogP contribution is 2.35. The van der Waals surface area contributed by atoms with Crippen molar-refractivity contribution < 1.29 is 23.4 Å². The van der Waals surface area contributed by atoms with Crippen LogP contribution in [-0.4, -0.2) is 34.4 Å². The number of halogens is 2. The van der Waals surface area contributed by atoms with Crippen molar-refractivity contribution in [1.82, 2.24) is 15.5 Å². The summed E-state index contributed by atoms with van der Waals surface area (Å²) in [5, 5.41) is 20.6. The van der Waals surface area contributed by atoms with Crippen LogP contribution in [0.2, 0.25) is 0 Å². The third kappa shape index (κ3) is 4.04. The van der Waals surface area contributed by atoms with Crippen LogP contribution in [0, 0.1) is 0 Å². The van der Waals surface area contributed by atoms with Crippen molar-refractivity contribution in [2.45, 2.75) is 31.5 Å². The highest BCUT2D eigenvalue weighted by molar-refractivity contribution is 5.99. The summed E-state index contributed by atoms with van der Waals surface area (Å²) in [5.74, 6) is -0.438. The molecule has 0 saturated heterocycles. The number of fused-ring (bicyclic) bond motifs is 1. The fourth-order valence-corrected chi connectivity index (χ4v) is 3.91. The van der Waals surface area contributed by atoms with Crippen LogP contribution >= 0.6 is 0 Å². The average Bonchev–Trinajstić information content (AvgIpc) is 3.22. The number of benzene rings is 2. The van der Waals surface area contributed by atoms with Gasteiger partial charge in [0, 0.05) is 5.56 Å². The second-order valence-corrected chi connectivity index (χ2v) is 7.29. The first-order valence-corrected chi connectivity index (χ1v) is 9.64. The van der Waals surface area contributed by atoms with Crippen molar-refractivity contribution in [2.24, 2.45) is 0 Å². The molecule has 1 aliphatic rings. The molecule has 8 heteroatoms. The highest BCUT2D eigenvalue weighted by Gasteiger charge is 2.34. The van der Waals surface area contributed by atoms with Gasteiger partial charge in [-0.1, -0.05) is 36.4 Å². The number of ether oxygens (including phenoxy) is 1. The molecule has 6 nitrogen and oxygen atoms in total. The van der Waals surface area contributed by atoms with Crippen molar-refractivity contribution >= 4 is 5.91 Å². The Hall–Kier alpha value is -3.26. The van der Waals surface area contributed by atoms with E-state index < -0.39 is 18.1 Å². The van der Waals surface area contributed by atoms with Gasteiger partial charge >= 0.3 is 6.61 Å². The van der Waals surface area contributed by atoms with Gasteiger partial charge in [-0.05, 0) is 42.5 Å². The molecule has 1 aromatic heterocycles. The van der Waals surface area contributed by atoms with Crippen molar-refractivity contribution in [1.29, 1.82) is 0 Å². The standard InChI is InChI=1S/C22H21F2N3O3/c23-21(24)30-16-8-3-6-15(11-16)19-17(12-26-27-19)20(28)25-13-22(29)10-4-7-14-5-1-2-9-18(14)22/h1-3,5-6,8-9,11-12,21,29H,4,7,10,13H2,(H,25,28)(H,26,27). The van der Waals surface area contributed by atoms with E-state index in [0.717, 1.165) is 24.0 Å². The Kier molecular flexibility index (Phi) is 5.50. The number of carbonyl (C=O) groups excluding carboxylic acids is 1. The summed E-state index contributed by atoms with van der Waals surface area (Å²) < 4.78 is 29.4. The number of aromatic nitrogens is 2. The largest absolute Gasteiger partial charge is 0.435 e. The van der Waals surface area contributed by atoms with Crippen molar-refractivity contribution in [3.05, 3.63) is 71.4 Å². The molecule has 1 atom stereocenters. The molecular weight excluding hydrogens is 392 g/mol. The minimum atomic E-state index is -2.94. The van der Waals surface area contributed by atoms with Gasteiger partial charge in [-0.25, -0.2) is 0 Å². The fraction of sp³-hybridized carbons (Fsp3) is 0.273. The highest BCUT2D eigenvalue weighted by atomic mass is 19.3. The van der Waals surface area contributed by atoms with Crippen LogP contribution in [0.4, 0.5) is 8.78 Å². The molecule has 30 heavy (non-hydrogen) atoms. The van der Waals surface area contributed by atoms with Crippen LogP contribution in [0.3, 0.4) is 0 Å². The SMILES string of the molecule is O=C(NCC1(O)CCCc2ccccc21)c1cn[nH]c1-c1cccc(OC(F)F)c1. The zero-order chi connectivity index (χ0) is 21.1. The van der Waals surface area contributed by atoms with Gasteiger partial charge in [-0.15, -0.1) is 0 Å². The Labute approximate surface area is 171 Å². The molecule has 156 valence electrons. The molecule has 0 aliphatic heterocycles. The number of aromatic amines is 1. The summed E-state index contributed by atoms with van der Waals surface area (Å²) in [6.07, 6.45) is 3.65. The van der Waals surface area contributed by atoms with E-state index in [1.54, 1.807) is 12.1 Å². The number of rotatable bonds is 6. The lowest BCUT2D eigenvalue weighted by atomic mass is 9.79. The molecule has 1 unspecified atom stereocenters. The van der Waals surface area contributed by atoms with Gasteiger partial charge in [0.2, 0.25) is 0 Å². The maximum atomic E-state index is 12.8. The van der Waals surface area contributed by atoms with Crippen molar-refractivity contribution in [3.8, 4) is 17.0 Å². The minimum absolute atomic E-state index is 0.0171. The summed E-state index contributed by atoms with van der Waals surface area (Å²) >= 11 is 0. The molecule has 4 rings (SSSR count). The number of alkyl halides is 2. The number of amides is 1. The lowest BCUT2D eigenvalue weighted by molar-refractivity contribution is -0.0498. The van der Waals surface area contributed by atoms with Gasteiger partial charge in [-0.2, -0.15) is 13.9 Å². The van der Waals surface area contributed by atoms with Crippen LogP contribution in [-0.2, 0) is 12.0 Å². The molecule has 0 fully saturated rings. The molecule has 1 aliphatic carbocycles. The quantitative estimate of drug-likeness (QED) is 0.576. The molecule has 0 radical (unpaired) electrons. The molecular formula is C22H21F2N3O3. The smallest absolute Gasteiger partial charge is 0.387 e. The Morgan fingerprint density at radius 3 is 2.93 bits per heavy atom. The zero-order valence-corrected chi connectivity index (χ0v) is 16.1. The van der Waals surface area contributed by atoms with Gasteiger partial charge in [0.1, 0.15) is 11.4 Å². The number of nitrogens with zero attached hydrogens (tertiary/aromatic N) is 1. The van der Waals surface area contributed by atoms with E-state index >= 15 is 0 Å². The van der Waals surface area contributed by atoms with Crippen molar-refractivity contribution in [3.63, 3.8) is 0 Å². The molecule has 0 bridgehead atoms. The van der Waals surface area contributed by atoms with Crippen LogP contribution in [0.15, 0.2) is 54.7 Å². The van der Waals surface area contributed by atoms with Gasteiger partial charge in [0.15, 0.2) is 0 Å². The number of hydrogen-bond donors (Lipinski definition) is 3.